The Morgan fingerprint density at radius 2 is 2.00 bits per heavy atom. The van der Waals surface area contributed by atoms with Gasteiger partial charge in [0.1, 0.15) is 5.75 Å². The molecule has 0 bridgehead atoms. The predicted molar refractivity (Wildman–Crippen MR) is 81.6 cm³/mol. The van der Waals surface area contributed by atoms with Crippen LogP contribution in [0.5, 0.6) is 5.75 Å². The van der Waals surface area contributed by atoms with Crippen molar-refractivity contribution in [3.05, 3.63) is 29.8 Å². The van der Waals surface area contributed by atoms with Crippen LogP contribution in [0.15, 0.2) is 24.3 Å². The number of hydrogen-bond donors (Lipinski definition) is 1. The first-order valence-corrected chi connectivity index (χ1v) is 7.23. The van der Waals surface area contributed by atoms with E-state index in [4.69, 9.17) is 10.5 Å². The molecule has 1 atom stereocenters. The number of nitrogens with two attached hydrogens (primary N) is 1. The van der Waals surface area contributed by atoms with Gasteiger partial charge >= 0.3 is 0 Å². The molecule has 4 nitrogen and oxygen atoms in total. The van der Waals surface area contributed by atoms with Crippen molar-refractivity contribution in [2.45, 2.75) is 45.7 Å². The summed E-state index contributed by atoms with van der Waals surface area (Å²) in [6.45, 7) is 5.35. The highest BCUT2D eigenvalue weighted by Gasteiger charge is 2.12. The minimum atomic E-state index is 0.166. The molecule has 0 heterocycles. The topological polar surface area (TPSA) is 55.6 Å². The summed E-state index contributed by atoms with van der Waals surface area (Å²) in [4.78, 5) is 14.0. The lowest BCUT2D eigenvalue weighted by Crippen LogP contribution is -2.30. The van der Waals surface area contributed by atoms with Crippen LogP contribution in [0.1, 0.15) is 38.7 Å². The van der Waals surface area contributed by atoms with Crippen molar-refractivity contribution in [1.29, 1.82) is 0 Å². The van der Waals surface area contributed by atoms with E-state index in [1.165, 1.54) is 0 Å². The van der Waals surface area contributed by atoms with Crippen molar-refractivity contribution >= 4 is 5.91 Å². The molecule has 0 aromatic heterocycles. The van der Waals surface area contributed by atoms with Gasteiger partial charge in [-0.25, -0.2) is 0 Å². The average molecular weight is 278 g/mol. The van der Waals surface area contributed by atoms with Gasteiger partial charge in [0.2, 0.25) is 5.91 Å². The third-order valence-electron chi connectivity index (χ3n) is 3.32. The van der Waals surface area contributed by atoms with Gasteiger partial charge in [0.25, 0.3) is 0 Å². The maximum atomic E-state index is 12.1. The second-order valence-corrected chi connectivity index (χ2v) is 5.13. The molecule has 4 heteroatoms. The number of methoxy groups -OCH3 is 1. The van der Waals surface area contributed by atoms with Crippen molar-refractivity contribution in [2.24, 2.45) is 5.73 Å². The van der Waals surface area contributed by atoms with Crippen molar-refractivity contribution in [2.75, 3.05) is 13.7 Å². The maximum Gasteiger partial charge on any atom is 0.222 e. The smallest absolute Gasteiger partial charge is 0.222 e. The van der Waals surface area contributed by atoms with Crippen molar-refractivity contribution in [1.82, 2.24) is 4.90 Å². The Balaban J connectivity index is 2.50. The molecule has 0 aliphatic carbocycles. The van der Waals surface area contributed by atoms with Gasteiger partial charge in [0, 0.05) is 25.6 Å². The number of ether oxygens (including phenoxy) is 1. The summed E-state index contributed by atoms with van der Waals surface area (Å²) in [6.07, 6.45) is 2.33. The molecule has 1 unspecified atom stereocenters. The van der Waals surface area contributed by atoms with Crippen molar-refractivity contribution in [3.8, 4) is 5.75 Å². The van der Waals surface area contributed by atoms with Crippen LogP contribution >= 0.6 is 0 Å². The predicted octanol–water partition coefficient (Wildman–Crippen LogP) is 2.56. The fourth-order valence-electron chi connectivity index (χ4n) is 2.06. The Labute approximate surface area is 121 Å². The third-order valence-corrected chi connectivity index (χ3v) is 3.32. The van der Waals surface area contributed by atoms with Crippen LogP contribution < -0.4 is 10.5 Å². The fourth-order valence-corrected chi connectivity index (χ4v) is 2.06. The highest BCUT2D eigenvalue weighted by molar-refractivity contribution is 5.76. The summed E-state index contributed by atoms with van der Waals surface area (Å²) >= 11 is 0. The number of hydrogen-bond acceptors (Lipinski definition) is 3. The van der Waals surface area contributed by atoms with Gasteiger partial charge < -0.3 is 15.4 Å². The number of benzene rings is 1. The Morgan fingerprint density at radius 1 is 1.35 bits per heavy atom. The first-order chi connectivity index (χ1) is 9.56. The second-order valence-electron chi connectivity index (χ2n) is 5.13. The lowest BCUT2D eigenvalue weighted by atomic mass is 10.1. The molecule has 20 heavy (non-hydrogen) atoms. The zero-order valence-electron chi connectivity index (χ0n) is 12.8. The number of carbonyl (C=O) groups excluding carboxylic acids is 1. The number of nitrogens with zero attached hydrogens (tertiary/aromatic N) is 1. The molecule has 0 saturated carbocycles. The summed E-state index contributed by atoms with van der Waals surface area (Å²) in [6, 6.07) is 8.00. The first-order valence-electron chi connectivity index (χ1n) is 7.23. The first kappa shape index (κ1) is 16.5. The van der Waals surface area contributed by atoms with Gasteiger partial charge in [0.05, 0.1) is 7.11 Å². The molecule has 0 aliphatic rings. The molecular weight excluding hydrogens is 252 g/mol. The van der Waals surface area contributed by atoms with E-state index in [1.807, 2.05) is 43.0 Å². The minimum absolute atomic E-state index is 0.166. The van der Waals surface area contributed by atoms with E-state index in [-0.39, 0.29) is 11.9 Å². The van der Waals surface area contributed by atoms with Crippen LogP contribution in [0.3, 0.4) is 0 Å². The molecule has 0 fully saturated rings. The molecule has 1 aromatic rings. The van der Waals surface area contributed by atoms with Gasteiger partial charge in [-0.2, -0.15) is 0 Å². The highest BCUT2D eigenvalue weighted by Crippen LogP contribution is 2.14. The molecule has 0 aliphatic heterocycles. The maximum absolute atomic E-state index is 12.1. The van der Waals surface area contributed by atoms with Crippen LogP contribution in [0.2, 0.25) is 0 Å². The molecule has 2 N–H and O–H groups in total. The fraction of sp³-hybridized carbons (Fsp3) is 0.562. The van der Waals surface area contributed by atoms with Crippen LogP contribution in [-0.4, -0.2) is 30.5 Å². The summed E-state index contributed by atoms with van der Waals surface area (Å²) < 4.78 is 5.13. The molecule has 1 rings (SSSR count). The van der Waals surface area contributed by atoms with Crippen LogP contribution in [0.4, 0.5) is 0 Å². The minimum Gasteiger partial charge on any atom is -0.497 e. The van der Waals surface area contributed by atoms with E-state index in [0.29, 0.717) is 13.0 Å². The normalized spacial score (nSPS) is 12.0. The van der Waals surface area contributed by atoms with E-state index in [0.717, 1.165) is 30.7 Å². The van der Waals surface area contributed by atoms with E-state index in [9.17, 15) is 4.79 Å². The molecule has 0 saturated heterocycles. The average Bonchev–Trinajstić information content (AvgIpc) is 2.44. The summed E-state index contributed by atoms with van der Waals surface area (Å²) in [5, 5.41) is 0. The van der Waals surface area contributed by atoms with Crippen molar-refractivity contribution < 1.29 is 9.53 Å². The Bertz CT molecular complexity index is 401. The SMILES string of the molecule is CCN(Cc1ccc(OC)cc1)C(=O)CCCC(C)N. The Hall–Kier alpha value is -1.55. The number of carbonyl (C=O) groups is 1. The molecule has 0 radical (unpaired) electrons. The quantitative estimate of drug-likeness (QED) is 0.795. The zero-order valence-corrected chi connectivity index (χ0v) is 12.8. The molecular formula is C16H26N2O2. The van der Waals surface area contributed by atoms with Gasteiger partial charge in [0.15, 0.2) is 0 Å². The highest BCUT2D eigenvalue weighted by atomic mass is 16.5. The van der Waals surface area contributed by atoms with E-state index < -0.39 is 0 Å². The molecule has 1 aromatic carbocycles. The summed E-state index contributed by atoms with van der Waals surface area (Å²) in [5.41, 5.74) is 6.82. The third kappa shape index (κ3) is 5.61. The molecule has 1 amide bonds. The van der Waals surface area contributed by atoms with E-state index >= 15 is 0 Å². The van der Waals surface area contributed by atoms with Gasteiger partial charge in [-0.05, 0) is 44.4 Å². The van der Waals surface area contributed by atoms with Gasteiger partial charge in [-0.15, -0.1) is 0 Å². The van der Waals surface area contributed by atoms with Crippen LogP contribution in [0, 0.1) is 0 Å². The van der Waals surface area contributed by atoms with Crippen LogP contribution in [0.25, 0.3) is 0 Å². The van der Waals surface area contributed by atoms with Crippen LogP contribution in [-0.2, 0) is 11.3 Å². The van der Waals surface area contributed by atoms with Crippen molar-refractivity contribution in [3.63, 3.8) is 0 Å². The van der Waals surface area contributed by atoms with E-state index in [1.54, 1.807) is 7.11 Å². The largest absolute Gasteiger partial charge is 0.497 e. The summed E-state index contributed by atoms with van der Waals surface area (Å²) in [7, 11) is 1.65. The van der Waals surface area contributed by atoms with Gasteiger partial charge in [-0.1, -0.05) is 12.1 Å². The molecule has 0 spiro atoms. The monoisotopic (exact) mass is 278 g/mol. The number of rotatable bonds is 8. The van der Waals surface area contributed by atoms with E-state index in [2.05, 4.69) is 0 Å². The Morgan fingerprint density at radius 3 is 2.50 bits per heavy atom. The lowest BCUT2D eigenvalue weighted by Gasteiger charge is -2.21. The standard InChI is InChI=1S/C16H26N2O2/c1-4-18(16(19)7-5-6-13(2)17)12-14-8-10-15(20-3)11-9-14/h8-11,13H,4-7,12,17H2,1-3H3. The zero-order chi connectivity index (χ0) is 15.0. The summed E-state index contributed by atoms with van der Waals surface area (Å²) in [5.74, 6) is 1.03. The number of amides is 1. The second kappa shape index (κ2) is 8.59. The molecule has 112 valence electrons. The lowest BCUT2D eigenvalue weighted by molar-refractivity contribution is -0.131. The van der Waals surface area contributed by atoms with Gasteiger partial charge in [-0.3, -0.25) is 4.79 Å². The Kier molecular flexibility index (Phi) is 7.09.